The zero-order valence-corrected chi connectivity index (χ0v) is 19.8. The molecule has 1 N–H and O–H groups in total. The average molecular weight is 461 g/mol. The van der Waals surface area contributed by atoms with Gasteiger partial charge < -0.3 is 19.4 Å². The molecule has 1 fully saturated rings. The third-order valence-electron chi connectivity index (χ3n) is 5.87. The van der Waals surface area contributed by atoms with Crippen molar-refractivity contribution in [2.45, 2.75) is 19.4 Å². The number of morpholine rings is 1. The molecule has 7 heteroatoms. The van der Waals surface area contributed by atoms with Gasteiger partial charge in [0.1, 0.15) is 5.75 Å². The maximum absolute atomic E-state index is 12.8. The van der Waals surface area contributed by atoms with Gasteiger partial charge in [-0.05, 0) is 42.7 Å². The van der Waals surface area contributed by atoms with E-state index in [-0.39, 0.29) is 11.9 Å². The minimum Gasteiger partial charge on any atom is -0.495 e. The van der Waals surface area contributed by atoms with E-state index in [9.17, 15) is 4.79 Å². The number of benzene rings is 2. The van der Waals surface area contributed by atoms with Crippen LogP contribution in [0.25, 0.3) is 11.8 Å². The van der Waals surface area contributed by atoms with Gasteiger partial charge >= 0.3 is 0 Å². The van der Waals surface area contributed by atoms with Crippen LogP contribution in [0.3, 0.4) is 0 Å². The van der Waals surface area contributed by atoms with Crippen molar-refractivity contribution in [2.24, 2.45) is 0 Å². The number of methoxy groups -OCH3 is 1. The Hall–Kier alpha value is -3.42. The summed E-state index contributed by atoms with van der Waals surface area (Å²) in [5.41, 5.74) is 3.93. The molecular formula is C27H32N4O3. The molecule has 2 heterocycles. The molecule has 0 spiro atoms. The van der Waals surface area contributed by atoms with E-state index in [2.05, 4.69) is 27.3 Å². The molecule has 34 heavy (non-hydrogen) atoms. The first kappa shape index (κ1) is 23.7. The molecule has 0 aliphatic carbocycles. The molecule has 1 saturated heterocycles. The molecule has 7 nitrogen and oxygen atoms in total. The fraction of sp³-hybridized carbons (Fsp3) is 0.333. The Morgan fingerprint density at radius 3 is 2.71 bits per heavy atom. The Morgan fingerprint density at radius 2 is 2.00 bits per heavy atom. The van der Waals surface area contributed by atoms with Crippen LogP contribution in [0, 0.1) is 6.92 Å². The van der Waals surface area contributed by atoms with Gasteiger partial charge in [0, 0.05) is 37.9 Å². The monoisotopic (exact) mass is 460 g/mol. The molecule has 1 amide bonds. The number of hydrogen-bond donors (Lipinski definition) is 1. The summed E-state index contributed by atoms with van der Waals surface area (Å²) in [5.74, 6) is 0.608. The van der Waals surface area contributed by atoms with E-state index in [0.29, 0.717) is 5.75 Å². The van der Waals surface area contributed by atoms with Gasteiger partial charge in [0.05, 0.1) is 38.0 Å². The van der Waals surface area contributed by atoms with Crippen LogP contribution in [0.4, 0.5) is 0 Å². The summed E-state index contributed by atoms with van der Waals surface area (Å²) in [7, 11) is 1.64. The second-order valence-electron chi connectivity index (χ2n) is 8.50. The Bertz CT molecular complexity index is 1100. The quantitative estimate of drug-likeness (QED) is 0.497. The van der Waals surface area contributed by atoms with Gasteiger partial charge in [0.25, 0.3) is 0 Å². The maximum atomic E-state index is 12.8. The third kappa shape index (κ3) is 6.56. The zero-order chi connectivity index (χ0) is 23.8. The van der Waals surface area contributed by atoms with E-state index in [1.54, 1.807) is 19.5 Å². The zero-order valence-electron chi connectivity index (χ0n) is 19.8. The molecule has 178 valence electrons. The number of nitrogens with one attached hydrogen (secondary N) is 1. The van der Waals surface area contributed by atoms with Gasteiger partial charge in [-0.3, -0.25) is 9.69 Å². The first-order valence-corrected chi connectivity index (χ1v) is 11.6. The van der Waals surface area contributed by atoms with Gasteiger partial charge in [0.15, 0.2) is 0 Å². The predicted molar refractivity (Wildman–Crippen MR) is 133 cm³/mol. The van der Waals surface area contributed by atoms with Crippen LogP contribution in [0.1, 0.15) is 16.8 Å². The molecule has 1 unspecified atom stereocenters. The van der Waals surface area contributed by atoms with Crippen LogP contribution in [0.5, 0.6) is 5.75 Å². The van der Waals surface area contributed by atoms with Gasteiger partial charge in [0.2, 0.25) is 5.91 Å². The lowest BCUT2D eigenvalue weighted by molar-refractivity contribution is -0.117. The van der Waals surface area contributed by atoms with Crippen molar-refractivity contribution in [1.29, 1.82) is 0 Å². The molecule has 0 bridgehead atoms. The highest BCUT2D eigenvalue weighted by Crippen LogP contribution is 2.25. The lowest BCUT2D eigenvalue weighted by Crippen LogP contribution is -2.48. The van der Waals surface area contributed by atoms with E-state index < -0.39 is 0 Å². The smallest absolute Gasteiger partial charge is 0.244 e. The maximum Gasteiger partial charge on any atom is 0.244 e. The number of carbonyl (C=O) groups is 1. The Balaban J connectivity index is 1.43. The van der Waals surface area contributed by atoms with Gasteiger partial charge in [-0.2, -0.15) is 0 Å². The molecule has 4 rings (SSSR count). The summed E-state index contributed by atoms with van der Waals surface area (Å²) >= 11 is 0. The number of amides is 1. The normalized spacial score (nSPS) is 15.4. The van der Waals surface area contributed by atoms with Crippen LogP contribution in [0.2, 0.25) is 0 Å². The van der Waals surface area contributed by atoms with Crippen molar-refractivity contribution in [3.05, 3.63) is 84.0 Å². The summed E-state index contributed by atoms with van der Waals surface area (Å²) in [4.78, 5) is 19.4. The van der Waals surface area contributed by atoms with Gasteiger partial charge in [-0.15, -0.1) is 0 Å². The van der Waals surface area contributed by atoms with Crippen LogP contribution >= 0.6 is 0 Å². The summed E-state index contributed by atoms with van der Waals surface area (Å²) in [6, 6.07) is 16.1. The average Bonchev–Trinajstić information content (AvgIpc) is 3.29. The molecular weight excluding hydrogens is 428 g/mol. The molecule has 1 aromatic heterocycles. The Kier molecular flexibility index (Phi) is 8.12. The summed E-state index contributed by atoms with van der Waals surface area (Å²) in [6.45, 7) is 6.00. The standard InChI is InChI=1S/C27H32N4O3/c1-21-18-31(20-28-21)25-10-8-23(17-26(25)33-2)9-11-27(32)29-24(16-22-6-4-3-5-7-22)19-30-12-14-34-15-13-30/h3-11,17-18,20,24H,12-16,19H2,1-2H3,(H,29,32). The number of aromatic nitrogens is 2. The number of aryl methyl sites for hydroxylation is 1. The van der Waals surface area contributed by atoms with Crippen molar-refractivity contribution < 1.29 is 14.3 Å². The van der Waals surface area contributed by atoms with E-state index in [1.165, 1.54) is 5.56 Å². The second kappa shape index (κ2) is 11.6. The molecule has 1 atom stereocenters. The topological polar surface area (TPSA) is 68.6 Å². The van der Waals surface area contributed by atoms with Gasteiger partial charge in [-0.25, -0.2) is 4.98 Å². The van der Waals surface area contributed by atoms with E-state index >= 15 is 0 Å². The highest BCUT2D eigenvalue weighted by Gasteiger charge is 2.18. The molecule has 0 radical (unpaired) electrons. The minimum absolute atomic E-state index is 0.0130. The second-order valence-corrected chi connectivity index (χ2v) is 8.50. The highest BCUT2D eigenvalue weighted by molar-refractivity contribution is 5.92. The van der Waals surface area contributed by atoms with Crippen molar-refractivity contribution in [1.82, 2.24) is 19.8 Å². The number of ether oxygens (including phenoxy) is 2. The van der Waals surface area contributed by atoms with Crippen LogP contribution in [0.15, 0.2) is 67.1 Å². The molecule has 1 aliphatic heterocycles. The van der Waals surface area contributed by atoms with E-state index in [0.717, 1.165) is 56.2 Å². The molecule has 2 aromatic carbocycles. The summed E-state index contributed by atoms with van der Waals surface area (Å²) < 4.78 is 13.0. The Morgan fingerprint density at radius 1 is 1.21 bits per heavy atom. The SMILES string of the molecule is COc1cc(C=CC(=O)NC(Cc2ccccc2)CN2CCOCC2)ccc1-n1cnc(C)c1. The van der Waals surface area contributed by atoms with E-state index in [4.69, 9.17) is 9.47 Å². The number of nitrogens with zero attached hydrogens (tertiary/aromatic N) is 3. The summed E-state index contributed by atoms with van der Waals surface area (Å²) in [5, 5.41) is 3.20. The number of rotatable bonds is 9. The van der Waals surface area contributed by atoms with Crippen LogP contribution in [-0.4, -0.2) is 66.4 Å². The van der Waals surface area contributed by atoms with Crippen molar-refractivity contribution in [3.63, 3.8) is 0 Å². The van der Waals surface area contributed by atoms with E-state index in [1.807, 2.05) is 60.2 Å². The minimum atomic E-state index is -0.109. The fourth-order valence-electron chi connectivity index (χ4n) is 4.14. The lowest BCUT2D eigenvalue weighted by Gasteiger charge is -2.30. The predicted octanol–water partition coefficient (Wildman–Crippen LogP) is 3.26. The van der Waals surface area contributed by atoms with Crippen LogP contribution < -0.4 is 10.1 Å². The highest BCUT2D eigenvalue weighted by atomic mass is 16.5. The molecule has 3 aromatic rings. The van der Waals surface area contributed by atoms with Crippen molar-refractivity contribution >= 4 is 12.0 Å². The first-order valence-electron chi connectivity index (χ1n) is 11.6. The largest absolute Gasteiger partial charge is 0.495 e. The van der Waals surface area contributed by atoms with Crippen molar-refractivity contribution in [2.75, 3.05) is 40.0 Å². The van der Waals surface area contributed by atoms with Crippen LogP contribution in [-0.2, 0) is 16.0 Å². The first-order chi connectivity index (χ1) is 16.6. The molecule has 1 aliphatic rings. The van der Waals surface area contributed by atoms with Crippen molar-refractivity contribution in [3.8, 4) is 11.4 Å². The molecule has 0 saturated carbocycles. The number of imidazole rings is 1. The Labute approximate surface area is 201 Å². The van der Waals surface area contributed by atoms with Gasteiger partial charge in [-0.1, -0.05) is 36.4 Å². The summed E-state index contributed by atoms with van der Waals surface area (Å²) in [6.07, 6.45) is 7.90. The third-order valence-corrected chi connectivity index (χ3v) is 5.87. The number of carbonyl (C=O) groups excluding carboxylic acids is 1. The number of hydrogen-bond acceptors (Lipinski definition) is 5. The lowest BCUT2D eigenvalue weighted by atomic mass is 10.0. The fourth-order valence-corrected chi connectivity index (χ4v) is 4.14.